The van der Waals surface area contributed by atoms with Crippen molar-refractivity contribution in [3.05, 3.63) is 89.0 Å². The second-order valence-electron chi connectivity index (χ2n) is 6.64. The van der Waals surface area contributed by atoms with Crippen molar-refractivity contribution in [2.24, 2.45) is 0 Å². The number of hydrogen-bond donors (Lipinski definition) is 0. The minimum Gasteiger partial charge on any atom is -0.496 e. The molecule has 1 heterocycles. The van der Waals surface area contributed by atoms with Gasteiger partial charge >= 0.3 is 0 Å². The lowest BCUT2D eigenvalue weighted by molar-refractivity contribution is 0.104. The molecule has 0 unspecified atom stereocenters. The highest BCUT2D eigenvalue weighted by Gasteiger charge is 2.24. The Morgan fingerprint density at radius 1 is 0.889 bits per heavy atom. The zero-order valence-electron chi connectivity index (χ0n) is 15.6. The van der Waals surface area contributed by atoms with Gasteiger partial charge < -0.3 is 9.15 Å². The maximum atomic E-state index is 13.5. The molecule has 1 aromatic heterocycles. The van der Waals surface area contributed by atoms with E-state index < -0.39 is 0 Å². The summed E-state index contributed by atoms with van der Waals surface area (Å²) in [6, 6.07) is 21.2. The minimum atomic E-state index is -0.0485. The molecule has 3 aromatic carbocycles. The van der Waals surface area contributed by atoms with E-state index in [-0.39, 0.29) is 5.78 Å². The van der Waals surface area contributed by atoms with Crippen molar-refractivity contribution in [2.75, 3.05) is 7.11 Å². The SMILES string of the molecule is COc1c(C)cc(C(=O)c2c(-c3ccccc3)oc3ccccc23)cc1C. The minimum absolute atomic E-state index is 0.0485. The molecule has 27 heavy (non-hydrogen) atoms. The van der Waals surface area contributed by atoms with E-state index >= 15 is 0 Å². The van der Waals surface area contributed by atoms with E-state index in [0.29, 0.717) is 22.5 Å². The Morgan fingerprint density at radius 2 is 1.52 bits per heavy atom. The number of furan rings is 1. The highest BCUT2D eigenvalue weighted by Crippen LogP contribution is 2.36. The number of benzene rings is 3. The van der Waals surface area contributed by atoms with E-state index in [2.05, 4.69) is 0 Å². The normalized spacial score (nSPS) is 10.9. The number of rotatable bonds is 4. The van der Waals surface area contributed by atoms with Crippen LogP contribution in [0.1, 0.15) is 27.0 Å². The number of ether oxygens (including phenoxy) is 1. The Morgan fingerprint density at radius 3 is 2.19 bits per heavy atom. The monoisotopic (exact) mass is 356 g/mol. The molecule has 0 N–H and O–H groups in total. The molecular formula is C24H20O3. The van der Waals surface area contributed by atoms with Gasteiger partial charge in [0.2, 0.25) is 0 Å². The number of methoxy groups -OCH3 is 1. The van der Waals surface area contributed by atoms with Crippen LogP contribution in [0.5, 0.6) is 5.75 Å². The fourth-order valence-electron chi connectivity index (χ4n) is 3.61. The molecule has 0 aliphatic rings. The summed E-state index contributed by atoms with van der Waals surface area (Å²) in [6.07, 6.45) is 0. The van der Waals surface area contributed by atoms with Gasteiger partial charge in [-0.1, -0.05) is 48.5 Å². The van der Waals surface area contributed by atoms with Gasteiger partial charge in [-0.3, -0.25) is 4.79 Å². The summed E-state index contributed by atoms with van der Waals surface area (Å²) in [5.41, 5.74) is 4.71. The molecule has 3 nitrogen and oxygen atoms in total. The molecule has 0 radical (unpaired) electrons. The third-order valence-corrected chi connectivity index (χ3v) is 4.79. The van der Waals surface area contributed by atoms with Crippen LogP contribution in [-0.4, -0.2) is 12.9 Å². The Balaban J connectivity index is 1.94. The van der Waals surface area contributed by atoms with Gasteiger partial charge in [-0.15, -0.1) is 0 Å². The van der Waals surface area contributed by atoms with Gasteiger partial charge in [0.05, 0.1) is 12.7 Å². The number of carbonyl (C=O) groups excluding carboxylic acids is 1. The number of hydrogen-bond acceptors (Lipinski definition) is 3. The van der Waals surface area contributed by atoms with Crippen LogP contribution in [0.4, 0.5) is 0 Å². The molecule has 0 fully saturated rings. The number of fused-ring (bicyclic) bond motifs is 1. The first-order valence-corrected chi connectivity index (χ1v) is 8.87. The van der Waals surface area contributed by atoms with Crippen LogP contribution in [0.15, 0.2) is 71.1 Å². The van der Waals surface area contributed by atoms with E-state index in [0.717, 1.165) is 27.8 Å². The molecule has 3 heteroatoms. The van der Waals surface area contributed by atoms with Crippen LogP contribution in [0.2, 0.25) is 0 Å². The molecule has 0 bridgehead atoms. The fourth-order valence-corrected chi connectivity index (χ4v) is 3.61. The zero-order chi connectivity index (χ0) is 19.0. The first-order chi connectivity index (χ1) is 13.1. The van der Waals surface area contributed by atoms with Crippen LogP contribution in [-0.2, 0) is 0 Å². The summed E-state index contributed by atoms with van der Waals surface area (Å²) < 4.78 is 11.5. The summed E-state index contributed by atoms with van der Waals surface area (Å²) in [5, 5.41) is 0.826. The Kier molecular flexibility index (Phi) is 4.28. The number of para-hydroxylation sites is 1. The predicted molar refractivity (Wildman–Crippen MR) is 108 cm³/mol. The first-order valence-electron chi connectivity index (χ1n) is 8.87. The highest BCUT2D eigenvalue weighted by atomic mass is 16.5. The van der Waals surface area contributed by atoms with Gasteiger partial charge in [0.25, 0.3) is 0 Å². The molecule has 134 valence electrons. The van der Waals surface area contributed by atoms with Gasteiger partial charge in [0, 0.05) is 16.5 Å². The van der Waals surface area contributed by atoms with Crippen molar-refractivity contribution in [1.29, 1.82) is 0 Å². The summed E-state index contributed by atoms with van der Waals surface area (Å²) in [4.78, 5) is 13.5. The van der Waals surface area contributed by atoms with Crippen molar-refractivity contribution in [3.8, 4) is 17.1 Å². The molecular weight excluding hydrogens is 336 g/mol. The van der Waals surface area contributed by atoms with Crippen LogP contribution in [0.25, 0.3) is 22.3 Å². The summed E-state index contributed by atoms with van der Waals surface area (Å²) in [6.45, 7) is 3.91. The van der Waals surface area contributed by atoms with E-state index in [4.69, 9.17) is 9.15 Å². The van der Waals surface area contributed by atoms with E-state index in [9.17, 15) is 4.79 Å². The number of aryl methyl sites for hydroxylation is 2. The number of ketones is 1. The molecule has 0 aliphatic heterocycles. The topological polar surface area (TPSA) is 39.4 Å². The van der Waals surface area contributed by atoms with Crippen LogP contribution < -0.4 is 4.74 Å². The van der Waals surface area contributed by atoms with Crippen molar-refractivity contribution in [1.82, 2.24) is 0 Å². The Hall–Kier alpha value is -3.33. The second-order valence-corrected chi connectivity index (χ2v) is 6.64. The van der Waals surface area contributed by atoms with Gasteiger partial charge in [0.15, 0.2) is 5.78 Å². The molecule has 0 spiro atoms. The molecule has 0 amide bonds. The van der Waals surface area contributed by atoms with Crippen LogP contribution in [0.3, 0.4) is 0 Å². The summed E-state index contributed by atoms with van der Waals surface area (Å²) in [7, 11) is 1.65. The van der Waals surface area contributed by atoms with Crippen molar-refractivity contribution in [2.45, 2.75) is 13.8 Å². The van der Waals surface area contributed by atoms with E-state index in [1.807, 2.05) is 80.6 Å². The lowest BCUT2D eigenvalue weighted by atomic mass is 9.95. The summed E-state index contributed by atoms with van der Waals surface area (Å²) in [5.74, 6) is 1.37. The van der Waals surface area contributed by atoms with E-state index in [1.54, 1.807) is 7.11 Å². The lowest BCUT2D eigenvalue weighted by Gasteiger charge is -2.11. The summed E-state index contributed by atoms with van der Waals surface area (Å²) >= 11 is 0. The fraction of sp³-hybridized carbons (Fsp3) is 0.125. The smallest absolute Gasteiger partial charge is 0.197 e. The van der Waals surface area contributed by atoms with Crippen LogP contribution in [0, 0.1) is 13.8 Å². The molecule has 0 saturated carbocycles. The third-order valence-electron chi connectivity index (χ3n) is 4.79. The van der Waals surface area contributed by atoms with Crippen molar-refractivity contribution < 1.29 is 13.9 Å². The van der Waals surface area contributed by atoms with Gasteiger partial charge in [-0.05, 0) is 43.2 Å². The average Bonchev–Trinajstić information content (AvgIpc) is 3.07. The zero-order valence-corrected chi connectivity index (χ0v) is 15.6. The second kappa shape index (κ2) is 6.76. The maximum Gasteiger partial charge on any atom is 0.197 e. The molecule has 0 aliphatic carbocycles. The predicted octanol–water partition coefficient (Wildman–Crippen LogP) is 5.96. The van der Waals surface area contributed by atoms with Gasteiger partial charge in [-0.2, -0.15) is 0 Å². The van der Waals surface area contributed by atoms with Crippen molar-refractivity contribution in [3.63, 3.8) is 0 Å². The highest BCUT2D eigenvalue weighted by molar-refractivity contribution is 6.19. The molecule has 0 atom stereocenters. The Bertz CT molecular complexity index is 1110. The third kappa shape index (κ3) is 2.91. The standard InChI is InChI=1S/C24H20O3/c1-15-13-18(14-16(2)23(15)26-3)22(25)21-19-11-7-8-12-20(19)27-24(21)17-9-5-4-6-10-17/h4-14H,1-3H3. The van der Waals surface area contributed by atoms with E-state index in [1.165, 1.54) is 0 Å². The molecule has 0 saturated heterocycles. The van der Waals surface area contributed by atoms with Crippen LogP contribution >= 0.6 is 0 Å². The average molecular weight is 356 g/mol. The Labute approximate surface area is 158 Å². The van der Waals surface area contributed by atoms with Crippen molar-refractivity contribution >= 4 is 16.8 Å². The maximum absolute atomic E-state index is 13.5. The lowest BCUT2D eigenvalue weighted by Crippen LogP contribution is -2.04. The number of carbonyl (C=O) groups is 1. The first kappa shape index (κ1) is 17.1. The van der Waals surface area contributed by atoms with Gasteiger partial charge in [-0.25, -0.2) is 0 Å². The van der Waals surface area contributed by atoms with Gasteiger partial charge in [0.1, 0.15) is 17.1 Å². The molecule has 4 aromatic rings. The largest absolute Gasteiger partial charge is 0.496 e. The molecule has 4 rings (SSSR count). The quantitative estimate of drug-likeness (QED) is 0.424.